The Hall–Kier alpha value is 0.300. The summed E-state index contributed by atoms with van der Waals surface area (Å²) < 4.78 is 34.4. The number of hydrogen-bond acceptors (Lipinski definition) is 4. The van der Waals surface area contributed by atoms with Crippen LogP contribution in [-0.4, -0.2) is 26.9 Å². The molecular formula is C9H22O6P2. The van der Waals surface area contributed by atoms with Crippen LogP contribution >= 0.6 is 15.2 Å². The summed E-state index contributed by atoms with van der Waals surface area (Å²) >= 11 is 0. The summed E-state index contributed by atoms with van der Waals surface area (Å²) in [6.45, 7) is 8.91. The normalized spacial score (nSPS) is 14.7. The van der Waals surface area contributed by atoms with Crippen molar-refractivity contribution in [2.75, 3.05) is 0 Å². The van der Waals surface area contributed by atoms with Crippen LogP contribution in [0.25, 0.3) is 0 Å². The van der Waals surface area contributed by atoms with E-state index in [-0.39, 0.29) is 0 Å². The topological polar surface area (TPSA) is 93.1 Å². The highest BCUT2D eigenvalue weighted by Crippen LogP contribution is 2.74. The molecule has 0 aromatic heterocycles. The molecule has 0 aliphatic rings. The molecule has 0 aliphatic carbocycles. The monoisotopic (exact) mass is 288 g/mol. The average molecular weight is 288 g/mol. The summed E-state index contributed by atoms with van der Waals surface area (Å²) in [7, 11) is -8.53. The Labute approximate surface area is 102 Å². The Bertz CT molecular complexity index is 329. The number of rotatable bonds is 6. The third-order valence-corrected chi connectivity index (χ3v) is 7.76. The van der Waals surface area contributed by atoms with Crippen molar-refractivity contribution in [3.05, 3.63) is 0 Å². The van der Waals surface area contributed by atoms with Crippen LogP contribution in [0.4, 0.5) is 0 Å². The van der Waals surface area contributed by atoms with Gasteiger partial charge < -0.3 is 18.8 Å². The molecule has 8 heteroatoms. The van der Waals surface area contributed by atoms with Crippen molar-refractivity contribution < 1.29 is 28.0 Å². The molecule has 0 aromatic rings. The van der Waals surface area contributed by atoms with E-state index in [9.17, 15) is 18.9 Å². The smallest absolute Gasteiger partial charge is 0.324 e. The molecule has 0 unspecified atom stereocenters. The van der Waals surface area contributed by atoms with Crippen molar-refractivity contribution in [1.82, 2.24) is 0 Å². The van der Waals surface area contributed by atoms with E-state index < -0.39 is 32.3 Å². The van der Waals surface area contributed by atoms with Crippen LogP contribution in [0.15, 0.2) is 0 Å². The highest BCUT2D eigenvalue weighted by Gasteiger charge is 2.56. The van der Waals surface area contributed by atoms with Gasteiger partial charge in [-0.1, -0.05) is 0 Å². The Kier molecular flexibility index (Phi) is 5.61. The maximum atomic E-state index is 12.6. The second-order valence-corrected chi connectivity index (χ2v) is 9.94. The molecule has 0 rings (SSSR count). The molecule has 0 heterocycles. The first-order valence-corrected chi connectivity index (χ1v) is 8.51. The predicted molar refractivity (Wildman–Crippen MR) is 66.2 cm³/mol. The largest absolute Gasteiger partial charge is 0.348 e. The van der Waals surface area contributed by atoms with Crippen molar-refractivity contribution in [1.29, 1.82) is 0 Å². The highest BCUT2D eigenvalue weighted by molar-refractivity contribution is 7.73. The molecule has 104 valence electrons. The second-order valence-electron chi connectivity index (χ2n) is 4.84. The third kappa shape index (κ3) is 4.16. The van der Waals surface area contributed by atoms with Gasteiger partial charge >= 0.3 is 15.2 Å². The first-order valence-electron chi connectivity index (χ1n) is 5.36. The van der Waals surface area contributed by atoms with E-state index in [1.54, 1.807) is 27.7 Å². The summed E-state index contributed by atoms with van der Waals surface area (Å²) in [5.74, 6) is 0. The van der Waals surface area contributed by atoms with Crippen molar-refractivity contribution in [2.24, 2.45) is 0 Å². The van der Waals surface area contributed by atoms with Crippen LogP contribution in [0.1, 0.15) is 41.5 Å². The minimum Gasteiger partial charge on any atom is -0.324 e. The van der Waals surface area contributed by atoms with E-state index in [4.69, 9.17) is 9.05 Å². The van der Waals surface area contributed by atoms with Crippen LogP contribution < -0.4 is 0 Å². The maximum Gasteiger partial charge on any atom is 0.348 e. The Balaban J connectivity index is 5.47. The van der Waals surface area contributed by atoms with E-state index in [2.05, 4.69) is 0 Å². The van der Waals surface area contributed by atoms with Gasteiger partial charge in [-0.2, -0.15) is 0 Å². The van der Waals surface area contributed by atoms with E-state index in [1.165, 1.54) is 13.8 Å². The van der Waals surface area contributed by atoms with Crippen LogP contribution in [0.5, 0.6) is 0 Å². The summed E-state index contributed by atoms with van der Waals surface area (Å²) in [4.78, 5) is 16.7. The van der Waals surface area contributed by atoms with Crippen molar-refractivity contribution in [3.63, 3.8) is 0 Å². The molecule has 0 amide bonds. The zero-order chi connectivity index (χ0) is 14.1. The molecule has 0 radical (unpaired) electrons. The molecule has 0 atom stereocenters. The molecule has 0 fully saturated rings. The first-order chi connectivity index (χ1) is 7.33. The lowest BCUT2D eigenvalue weighted by molar-refractivity contribution is 0.133. The SMILES string of the molecule is CC(C)OP(=O)(OC(C)C)C(C)(C)P(=O)(O)O. The van der Waals surface area contributed by atoms with Gasteiger partial charge in [0, 0.05) is 0 Å². The summed E-state index contributed by atoms with van der Waals surface area (Å²) in [5, 5.41) is 0. The van der Waals surface area contributed by atoms with Gasteiger partial charge in [0.2, 0.25) is 0 Å². The minimum absolute atomic E-state index is 0.453. The van der Waals surface area contributed by atoms with Gasteiger partial charge in [0.15, 0.2) is 4.90 Å². The standard InChI is InChI=1S/C9H22O6P2/c1-7(2)14-17(13,15-8(3)4)9(5,6)16(10,11)12/h7-8H,1-6H3,(H2,10,11,12). The summed E-state index contributed by atoms with van der Waals surface area (Å²) in [5.41, 5.74) is 0. The average Bonchev–Trinajstić information content (AvgIpc) is 1.97. The fourth-order valence-corrected chi connectivity index (χ4v) is 4.23. The van der Waals surface area contributed by atoms with E-state index >= 15 is 0 Å². The molecule has 17 heavy (non-hydrogen) atoms. The third-order valence-electron chi connectivity index (χ3n) is 2.08. The molecular weight excluding hydrogens is 266 g/mol. The zero-order valence-corrected chi connectivity index (χ0v) is 12.9. The Morgan fingerprint density at radius 3 is 1.41 bits per heavy atom. The maximum absolute atomic E-state index is 12.6. The van der Waals surface area contributed by atoms with Crippen LogP contribution in [-0.2, 0) is 18.2 Å². The van der Waals surface area contributed by atoms with Crippen LogP contribution in [0.2, 0.25) is 0 Å². The van der Waals surface area contributed by atoms with E-state index in [1.807, 2.05) is 0 Å². The quantitative estimate of drug-likeness (QED) is 0.730. The first kappa shape index (κ1) is 17.3. The highest BCUT2D eigenvalue weighted by atomic mass is 31.2. The minimum atomic E-state index is -4.62. The van der Waals surface area contributed by atoms with Crippen molar-refractivity contribution in [3.8, 4) is 0 Å². The molecule has 6 nitrogen and oxygen atoms in total. The van der Waals surface area contributed by atoms with Gasteiger partial charge in [0.25, 0.3) is 0 Å². The van der Waals surface area contributed by atoms with Crippen molar-refractivity contribution >= 4 is 15.2 Å². The van der Waals surface area contributed by atoms with Crippen LogP contribution in [0.3, 0.4) is 0 Å². The lowest BCUT2D eigenvalue weighted by Gasteiger charge is -2.35. The van der Waals surface area contributed by atoms with Crippen LogP contribution in [0, 0.1) is 0 Å². The van der Waals surface area contributed by atoms with Gasteiger partial charge in [-0.3, -0.25) is 9.13 Å². The molecule has 2 N–H and O–H groups in total. The fraction of sp³-hybridized carbons (Fsp3) is 1.00. The molecule has 0 bridgehead atoms. The van der Waals surface area contributed by atoms with Gasteiger partial charge in [-0.15, -0.1) is 0 Å². The Morgan fingerprint density at radius 2 is 1.24 bits per heavy atom. The summed E-state index contributed by atoms with van der Waals surface area (Å²) in [6, 6.07) is 0. The number of hydrogen-bond donors (Lipinski definition) is 2. The van der Waals surface area contributed by atoms with Gasteiger partial charge in [0.05, 0.1) is 12.2 Å². The zero-order valence-electron chi connectivity index (χ0n) is 11.1. The molecule has 0 spiro atoms. The van der Waals surface area contributed by atoms with E-state index in [0.717, 1.165) is 0 Å². The summed E-state index contributed by atoms with van der Waals surface area (Å²) in [6.07, 6.45) is -0.907. The predicted octanol–water partition coefficient (Wildman–Crippen LogP) is 2.94. The van der Waals surface area contributed by atoms with Gasteiger partial charge in [-0.25, -0.2) is 0 Å². The van der Waals surface area contributed by atoms with Crippen molar-refractivity contribution in [2.45, 2.75) is 58.6 Å². The molecule has 0 aliphatic heterocycles. The Morgan fingerprint density at radius 1 is 0.941 bits per heavy atom. The lowest BCUT2D eigenvalue weighted by atomic mass is 10.5. The molecule has 0 saturated heterocycles. The lowest BCUT2D eigenvalue weighted by Crippen LogP contribution is -2.26. The van der Waals surface area contributed by atoms with Gasteiger partial charge in [-0.05, 0) is 41.5 Å². The molecule has 0 aromatic carbocycles. The fourth-order valence-electron chi connectivity index (χ4n) is 0.997. The van der Waals surface area contributed by atoms with E-state index in [0.29, 0.717) is 0 Å². The second kappa shape index (κ2) is 5.52. The molecule has 0 saturated carbocycles. The van der Waals surface area contributed by atoms with Gasteiger partial charge in [0.1, 0.15) is 0 Å².